The smallest absolute Gasteiger partial charge is 0.0920 e. The number of aliphatic hydroxyl groups is 1. The summed E-state index contributed by atoms with van der Waals surface area (Å²) in [5.74, 6) is 0. The van der Waals surface area contributed by atoms with E-state index in [1.807, 2.05) is 0 Å². The Kier molecular flexibility index (Phi) is 1.67. The van der Waals surface area contributed by atoms with E-state index in [2.05, 4.69) is 15.9 Å². The molecular weight excluding hydrogens is 160 g/mol. The third kappa shape index (κ3) is 1.15. The van der Waals surface area contributed by atoms with Gasteiger partial charge < -0.3 is 9.84 Å². The molecule has 0 aromatic carbocycles. The summed E-state index contributed by atoms with van der Waals surface area (Å²) in [6, 6.07) is 0. The molecule has 1 fully saturated rings. The van der Waals surface area contributed by atoms with Crippen molar-refractivity contribution in [1.82, 2.24) is 0 Å². The number of alkyl halides is 1. The van der Waals surface area contributed by atoms with E-state index in [1.54, 1.807) is 0 Å². The van der Waals surface area contributed by atoms with Gasteiger partial charge in [-0.05, 0) is 0 Å². The third-order valence-corrected chi connectivity index (χ3v) is 1.86. The average molecular weight is 167 g/mol. The van der Waals surface area contributed by atoms with E-state index in [0.29, 0.717) is 13.2 Å². The highest BCUT2D eigenvalue weighted by molar-refractivity contribution is 9.09. The summed E-state index contributed by atoms with van der Waals surface area (Å²) >= 11 is 3.23. The van der Waals surface area contributed by atoms with E-state index in [4.69, 9.17) is 9.84 Å². The van der Waals surface area contributed by atoms with Crippen molar-refractivity contribution in [3.05, 3.63) is 0 Å². The van der Waals surface area contributed by atoms with Crippen molar-refractivity contribution < 1.29 is 9.84 Å². The molecule has 0 aliphatic carbocycles. The molecule has 1 N–H and O–H groups in total. The van der Waals surface area contributed by atoms with Gasteiger partial charge in [-0.15, -0.1) is 0 Å². The summed E-state index contributed by atoms with van der Waals surface area (Å²) in [6.07, 6.45) is -0.292. The van der Waals surface area contributed by atoms with Gasteiger partial charge >= 0.3 is 0 Å². The second-order valence-electron chi connectivity index (χ2n) is 1.62. The minimum absolute atomic E-state index is 0.160. The van der Waals surface area contributed by atoms with Gasteiger partial charge in [-0.2, -0.15) is 0 Å². The Labute approximate surface area is 50.6 Å². The normalized spacial score (nSPS) is 42.0. The van der Waals surface area contributed by atoms with Crippen LogP contribution in [0.2, 0.25) is 0 Å². The Morgan fingerprint density at radius 2 is 2.29 bits per heavy atom. The first-order valence-electron chi connectivity index (χ1n) is 2.20. The second kappa shape index (κ2) is 2.11. The zero-order valence-corrected chi connectivity index (χ0v) is 5.39. The Morgan fingerprint density at radius 3 is 2.43 bits per heavy atom. The zero-order chi connectivity index (χ0) is 5.28. The molecule has 3 heteroatoms. The summed E-state index contributed by atoms with van der Waals surface area (Å²) in [4.78, 5) is 0.160. The Bertz CT molecular complexity index is 58.7. The van der Waals surface area contributed by atoms with Crippen LogP contribution in [-0.2, 0) is 4.74 Å². The van der Waals surface area contributed by atoms with Crippen molar-refractivity contribution in [2.24, 2.45) is 0 Å². The van der Waals surface area contributed by atoms with E-state index in [0.717, 1.165) is 0 Å². The van der Waals surface area contributed by atoms with Crippen LogP contribution >= 0.6 is 15.9 Å². The fourth-order valence-corrected chi connectivity index (χ4v) is 0.856. The van der Waals surface area contributed by atoms with Crippen LogP contribution in [0, 0.1) is 0 Å². The van der Waals surface area contributed by atoms with Crippen LogP contribution in [-0.4, -0.2) is 29.3 Å². The lowest BCUT2D eigenvalue weighted by atomic mass is 10.3. The molecule has 0 bridgehead atoms. The van der Waals surface area contributed by atoms with E-state index < -0.39 is 0 Å². The Hall–Kier alpha value is 0.400. The fraction of sp³-hybridized carbons (Fsp3) is 1.00. The van der Waals surface area contributed by atoms with Crippen molar-refractivity contribution in [1.29, 1.82) is 0 Å². The predicted octanol–water partition coefficient (Wildman–Crippen LogP) is 0.141. The van der Waals surface area contributed by atoms with Gasteiger partial charge in [0, 0.05) is 0 Å². The Balaban J connectivity index is 2.33. The lowest BCUT2D eigenvalue weighted by molar-refractivity contribution is 0.127. The number of ether oxygens (including phenoxy) is 1. The van der Waals surface area contributed by atoms with Crippen LogP contribution < -0.4 is 0 Å². The number of halogens is 1. The molecule has 42 valence electrons. The van der Waals surface area contributed by atoms with Crippen LogP contribution in [0.5, 0.6) is 0 Å². The van der Waals surface area contributed by atoms with Gasteiger partial charge in [0.05, 0.1) is 24.1 Å². The highest BCUT2D eigenvalue weighted by Crippen LogP contribution is 2.12. The molecule has 0 unspecified atom stereocenters. The van der Waals surface area contributed by atoms with Gasteiger partial charge in [0.2, 0.25) is 0 Å². The van der Waals surface area contributed by atoms with E-state index in [-0.39, 0.29) is 10.9 Å². The largest absolute Gasteiger partial charge is 0.389 e. The maximum Gasteiger partial charge on any atom is 0.0920 e. The highest BCUT2D eigenvalue weighted by atomic mass is 79.9. The quantitative estimate of drug-likeness (QED) is 0.520. The van der Waals surface area contributed by atoms with Crippen molar-refractivity contribution >= 4 is 15.9 Å². The zero-order valence-electron chi connectivity index (χ0n) is 3.80. The number of hydrogen-bond acceptors (Lipinski definition) is 2. The van der Waals surface area contributed by atoms with Crippen molar-refractivity contribution in [3.8, 4) is 0 Å². The molecule has 0 spiro atoms. The number of rotatable bonds is 0. The first-order valence-corrected chi connectivity index (χ1v) is 3.12. The van der Waals surface area contributed by atoms with Gasteiger partial charge in [-0.1, -0.05) is 15.9 Å². The maximum absolute atomic E-state index is 8.83. The SMILES string of the molecule is O[C@@H]1COC[C@@H]1Br. The molecule has 0 aromatic heterocycles. The van der Waals surface area contributed by atoms with Gasteiger partial charge in [0.15, 0.2) is 0 Å². The summed E-state index contributed by atoms with van der Waals surface area (Å²) < 4.78 is 4.87. The molecule has 7 heavy (non-hydrogen) atoms. The lowest BCUT2D eigenvalue weighted by Crippen LogP contribution is -2.16. The number of hydrogen-bond donors (Lipinski definition) is 1. The predicted molar refractivity (Wildman–Crippen MR) is 29.5 cm³/mol. The average Bonchev–Trinajstić information content (AvgIpc) is 1.91. The van der Waals surface area contributed by atoms with Gasteiger partial charge in [-0.3, -0.25) is 0 Å². The molecular formula is C4H7BrO2. The molecule has 1 rings (SSSR count). The Morgan fingerprint density at radius 1 is 1.57 bits per heavy atom. The van der Waals surface area contributed by atoms with Crippen LogP contribution in [0.3, 0.4) is 0 Å². The highest BCUT2D eigenvalue weighted by Gasteiger charge is 2.22. The monoisotopic (exact) mass is 166 g/mol. The minimum Gasteiger partial charge on any atom is -0.389 e. The van der Waals surface area contributed by atoms with E-state index in [9.17, 15) is 0 Å². The molecule has 1 aliphatic heterocycles. The summed E-state index contributed by atoms with van der Waals surface area (Å²) in [5.41, 5.74) is 0. The molecule has 1 saturated heterocycles. The summed E-state index contributed by atoms with van der Waals surface area (Å²) in [6.45, 7) is 1.12. The third-order valence-electron chi connectivity index (χ3n) is 0.983. The minimum atomic E-state index is -0.292. The van der Waals surface area contributed by atoms with Crippen LogP contribution in [0.15, 0.2) is 0 Å². The molecule has 0 radical (unpaired) electrons. The van der Waals surface area contributed by atoms with E-state index >= 15 is 0 Å². The molecule has 0 amide bonds. The van der Waals surface area contributed by atoms with Crippen molar-refractivity contribution in [2.75, 3.05) is 13.2 Å². The lowest BCUT2D eigenvalue weighted by Gasteiger charge is -1.98. The van der Waals surface area contributed by atoms with Crippen molar-refractivity contribution in [2.45, 2.75) is 10.9 Å². The topological polar surface area (TPSA) is 29.5 Å². The fourth-order valence-electron chi connectivity index (χ4n) is 0.517. The van der Waals surface area contributed by atoms with E-state index in [1.165, 1.54) is 0 Å². The molecule has 1 aliphatic rings. The van der Waals surface area contributed by atoms with Crippen LogP contribution in [0.4, 0.5) is 0 Å². The van der Waals surface area contributed by atoms with Gasteiger partial charge in [0.25, 0.3) is 0 Å². The molecule has 0 saturated carbocycles. The standard InChI is InChI=1S/C4H7BrO2/c5-3-1-7-2-4(3)6/h3-4,6H,1-2H2/t3-,4+/m0/s1. The first kappa shape index (κ1) is 5.54. The summed E-state index contributed by atoms with van der Waals surface area (Å²) in [7, 11) is 0. The maximum atomic E-state index is 8.83. The molecule has 0 aromatic rings. The number of aliphatic hydroxyl groups excluding tert-OH is 1. The summed E-state index contributed by atoms with van der Waals surface area (Å²) in [5, 5.41) is 8.83. The molecule has 2 nitrogen and oxygen atoms in total. The van der Waals surface area contributed by atoms with Gasteiger partial charge in [0.1, 0.15) is 0 Å². The molecule has 1 heterocycles. The van der Waals surface area contributed by atoms with Crippen molar-refractivity contribution in [3.63, 3.8) is 0 Å². The molecule has 2 atom stereocenters. The second-order valence-corrected chi connectivity index (χ2v) is 2.80. The van der Waals surface area contributed by atoms with Gasteiger partial charge in [-0.25, -0.2) is 0 Å². The first-order chi connectivity index (χ1) is 3.30. The van der Waals surface area contributed by atoms with Crippen LogP contribution in [0.25, 0.3) is 0 Å². The van der Waals surface area contributed by atoms with Crippen LogP contribution in [0.1, 0.15) is 0 Å².